The maximum Gasteiger partial charge on any atom is 0.246 e. The normalized spacial score (nSPS) is 10.1. The summed E-state index contributed by atoms with van der Waals surface area (Å²) < 4.78 is 33.8. The molecule has 124 valence electrons. The van der Waals surface area contributed by atoms with Crippen molar-refractivity contribution in [3.8, 4) is 0 Å². The van der Waals surface area contributed by atoms with Crippen molar-refractivity contribution < 1.29 is 39.2 Å². The van der Waals surface area contributed by atoms with Crippen molar-refractivity contribution in [3.63, 3.8) is 0 Å². The number of rotatable bonds is 5. The summed E-state index contributed by atoms with van der Waals surface area (Å²) in [6, 6.07) is 0. The number of nitrogens with one attached hydrogen (secondary N) is 1. The van der Waals surface area contributed by atoms with Gasteiger partial charge in [0.05, 0.1) is 27.7 Å². The van der Waals surface area contributed by atoms with Crippen LogP contribution in [0.4, 0.5) is 0 Å². The summed E-state index contributed by atoms with van der Waals surface area (Å²) in [5.74, 6) is -0.0404. The van der Waals surface area contributed by atoms with Gasteiger partial charge in [-0.2, -0.15) is 0 Å². The minimum absolute atomic E-state index is 0. The van der Waals surface area contributed by atoms with Gasteiger partial charge in [-0.1, -0.05) is 6.58 Å². The van der Waals surface area contributed by atoms with Gasteiger partial charge in [-0.05, 0) is 6.92 Å². The van der Waals surface area contributed by atoms with Gasteiger partial charge in [0.15, 0.2) is 0 Å². The van der Waals surface area contributed by atoms with Crippen molar-refractivity contribution in [3.05, 3.63) is 12.2 Å². The van der Waals surface area contributed by atoms with Crippen LogP contribution in [0.15, 0.2) is 12.2 Å². The number of carbonyl (C=O) groups is 1. The van der Waals surface area contributed by atoms with E-state index in [0.717, 1.165) is 24.0 Å². The molecular weight excluding hydrogens is 310 g/mol. The molecule has 0 rings (SSSR count). The van der Waals surface area contributed by atoms with Gasteiger partial charge in [0.1, 0.15) is 0 Å². The molecule has 0 bridgehead atoms. The Hall–Kier alpha value is -0.710. The van der Waals surface area contributed by atoms with E-state index in [2.05, 4.69) is 33.0 Å². The highest BCUT2D eigenvalue weighted by molar-refractivity contribution is 7.79. The summed E-state index contributed by atoms with van der Waals surface area (Å²) >= 11 is 0. The van der Waals surface area contributed by atoms with E-state index in [9.17, 15) is 4.79 Å². The second kappa shape index (κ2) is 12.1. The first-order valence-electron chi connectivity index (χ1n) is 5.25. The third kappa shape index (κ3) is 36.0. The summed E-state index contributed by atoms with van der Waals surface area (Å²) in [5.41, 5.74) is 0.574. The molecular formula is C10H26ClN3O5S. The van der Waals surface area contributed by atoms with Crippen molar-refractivity contribution in [2.45, 2.75) is 13.3 Å². The van der Waals surface area contributed by atoms with Crippen LogP contribution >= 0.6 is 0 Å². The molecule has 0 radical (unpaired) electrons. The van der Waals surface area contributed by atoms with Crippen molar-refractivity contribution >= 4 is 16.3 Å². The fourth-order valence-electron chi connectivity index (χ4n) is 0.906. The second-order valence-corrected chi connectivity index (χ2v) is 5.69. The number of amides is 1. The van der Waals surface area contributed by atoms with E-state index in [-0.39, 0.29) is 24.5 Å². The molecule has 0 aliphatic heterocycles. The SMILES string of the molecule is C=C(C)C(=O)NCCC[N+](C)(C)C.O=S(=O)([O-])O.[Cl-].[NH4+]. The third-order valence-electron chi connectivity index (χ3n) is 1.68. The Kier molecular flexibility index (Phi) is 16.6. The van der Waals surface area contributed by atoms with Crippen LogP contribution in [0.5, 0.6) is 0 Å². The van der Waals surface area contributed by atoms with Crippen LogP contribution in [0, 0.1) is 0 Å². The van der Waals surface area contributed by atoms with E-state index in [0.29, 0.717) is 5.57 Å². The molecule has 0 unspecified atom stereocenters. The quantitative estimate of drug-likeness (QED) is 0.163. The first-order valence-corrected chi connectivity index (χ1v) is 6.62. The molecule has 0 aromatic heterocycles. The molecule has 0 aromatic rings. The van der Waals surface area contributed by atoms with Gasteiger partial charge in [0, 0.05) is 18.5 Å². The maximum atomic E-state index is 11.1. The zero-order valence-corrected chi connectivity index (χ0v) is 14.2. The lowest BCUT2D eigenvalue weighted by Gasteiger charge is -2.23. The average molecular weight is 336 g/mol. The molecule has 8 nitrogen and oxygen atoms in total. The predicted molar refractivity (Wildman–Crippen MR) is 73.7 cm³/mol. The van der Waals surface area contributed by atoms with E-state index in [1.165, 1.54) is 0 Å². The Morgan fingerprint density at radius 2 is 1.70 bits per heavy atom. The van der Waals surface area contributed by atoms with Crippen LogP contribution in [0.3, 0.4) is 0 Å². The first kappa shape index (κ1) is 27.6. The topological polar surface area (TPSA) is 143 Å². The van der Waals surface area contributed by atoms with Gasteiger partial charge in [-0.15, -0.1) is 0 Å². The largest absolute Gasteiger partial charge is 1.00 e. The minimum atomic E-state index is -4.92. The van der Waals surface area contributed by atoms with Crippen LogP contribution in [0.1, 0.15) is 13.3 Å². The van der Waals surface area contributed by atoms with Gasteiger partial charge < -0.3 is 32.9 Å². The van der Waals surface area contributed by atoms with E-state index >= 15 is 0 Å². The molecule has 6 N–H and O–H groups in total. The summed E-state index contributed by atoms with van der Waals surface area (Å²) in [4.78, 5) is 11.1. The maximum absolute atomic E-state index is 11.1. The summed E-state index contributed by atoms with van der Waals surface area (Å²) in [6.07, 6.45) is 1.00. The molecule has 0 saturated heterocycles. The summed E-state index contributed by atoms with van der Waals surface area (Å²) in [5, 5.41) is 2.81. The second-order valence-electron chi connectivity index (χ2n) is 4.83. The van der Waals surface area contributed by atoms with Crippen molar-refractivity contribution in [1.29, 1.82) is 0 Å². The van der Waals surface area contributed by atoms with Gasteiger partial charge in [-0.25, -0.2) is 8.42 Å². The number of carbonyl (C=O) groups excluding carboxylic acids is 1. The molecule has 0 atom stereocenters. The highest BCUT2D eigenvalue weighted by Gasteiger charge is 2.06. The van der Waals surface area contributed by atoms with Crippen molar-refractivity contribution in [1.82, 2.24) is 11.5 Å². The van der Waals surface area contributed by atoms with E-state index in [1.54, 1.807) is 6.92 Å². The molecule has 0 heterocycles. The fourth-order valence-corrected chi connectivity index (χ4v) is 0.906. The lowest BCUT2D eigenvalue weighted by molar-refractivity contribution is -0.870. The zero-order valence-electron chi connectivity index (χ0n) is 12.6. The smallest absolute Gasteiger partial charge is 0.246 e. The highest BCUT2D eigenvalue weighted by atomic mass is 35.5. The van der Waals surface area contributed by atoms with Crippen molar-refractivity contribution in [2.24, 2.45) is 0 Å². The molecule has 1 amide bonds. The first-order chi connectivity index (χ1) is 7.83. The van der Waals surface area contributed by atoms with Gasteiger partial charge in [0.25, 0.3) is 0 Å². The fraction of sp³-hybridized carbons (Fsp3) is 0.700. The molecule has 0 aromatic carbocycles. The number of quaternary nitrogens is 2. The highest BCUT2D eigenvalue weighted by Crippen LogP contribution is 1.92. The number of hydrogen-bond donors (Lipinski definition) is 3. The number of nitrogens with zero attached hydrogens (tertiary/aromatic N) is 1. The predicted octanol–water partition coefficient (Wildman–Crippen LogP) is -2.84. The molecule has 0 aliphatic carbocycles. The Morgan fingerprint density at radius 1 is 1.35 bits per heavy atom. The number of halogens is 1. The summed E-state index contributed by atoms with van der Waals surface area (Å²) in [7, 11) is 1.50. The number of hydrogen-bond acceptors (Lipinski definition) is 4. The van der Waals surface area contributed by atoms with E-state index in [1.807, 2.05) is 0 Å². The van der Waals surface area contributed by atoms with Gasteiger partial charge >= 0.3 is 0 Å². The van der Waals surface area contributed by atoms with E-state index < -0.39 is 10.4 Å². The Balaban J connectivity index is -0.000000158. The Labute approximate surface area is 127 Å². The molecule has 20 heavy (non-hydrogen) atoms. The lowest BCUT2D eigenvalue weighted by atomic mass is 10.3. The van der Waals surface area contributed by atoms with Crippen LogP contribution in [0.25, 0.3) is 0 Å². The monoisotopic (exact) mass is 335 g/mol. The molecule has 0 fully saturated rings. The van der Waals surface area contributed by atoms with Crippen LogP contribution in [-0.2, 0) is 15.2 Å². The zero-order chi connectivity index (χ0) is 15.0. The van der Waals surface area contributed by atoms with E-state index in [4.69, 9.17) is 17.5 Å². The molecule has 0 spiro atoms. The van der Waals surface area contributed by atoms with Gasteiger partial charge in [0.2, 0.25) is 16.3 Å². The average Bonchev–Trinajstić information content (AvgIpc) is 2.07. The van der Waals surface area contributed by atoms with Gasteiger partial charge in [-0.3, -0.25) is 9.35 Å². The van der Waals surface area contributed by atoms with Crippen molar-refractivity contribution in [2.75, 3.05) is 34.2 Å². The minimum Gasteiger partial charge on any atom is -1.00 e. The molecule has 10 heteroatoms. The third-order valence-corrected chi connectivity index (χ3v) is 1.68. The Bertz CT molecular complexity index is 371. The summed E-state index contributed by atoms with van der Waals surface area (Å²) in [6.45, 7) is 7.09. The molecule has 0 saturated carbocycles. The van der Waals surface area contributed by atoms with Crippen LogP contribution in [-0.4, -0.2) is 62.1 Å². The standard InChI is InChI=1S/C10H20N2O.ClH.H3N.H2O4S/c1-9(2)10(13)11-7-6-8-12(3,4)5;;;1-5(2,3)4/h1,6-8H2,2-5H3;1H;1H3;(H2,1,2,3,4). The lowest BCUT2D eigenvalue weighted by Crippen LogP contribution is -3.00. The Morgan fingerprint density at radius 3 is 1.95 bits per heavy atom. The molecule has 0 aliphatic rings. The van der Waals surface area contributed by atoms with Crippen LogP contribution in [0.2, 0.25) is 0 Å². The van der Waals surface area contributed by atoms with Crippen LogP contribution < -0.4 is 23.9 Å².